The molecule has 0 amide bonds. The van der Waals surface area contributed by atoms with Crippen LogP contribution in [0.4, 0.5) is 0 Å². The van der Waals surface area contributed by atoms with Gasteiger partial charge in [0.05, 0.1) is 0 Å². The summed E-state index contributed by atoms with van der Waals surface area (Å²) in [4.78, 5) is 25.2. The third-order valence-corrected chi connectivity index (χ3v) is 4.00. The second-order valence-electron chi connectivity index (χ2n) is 6.63. The fourth-order valence-electron chi connectivity index (χ4n) is 2.66. The summed E-state index contributed by atoms with van der Waals surface area (Å²) < 4.78 is 0. The van der Waals surface area contributed by atoms with Crippen LogP contribution in [0.5, 0.6) is 0 Å². The number of Topliss-reactive ketones (excluding diaryl/α,β-unsaturated/α-hetero) is 1. The molecule has 0 atom stereocenters. The van der Waals surface area contributed by atoms with Gasteiger partial charge in [0, 0.05) is 16.7 Å². The zero-order valence-corrected chi connectivity index (χ0v) is 13.0. The number of hydrogen-bond donors (Lipinski definition) is 0. The molecule has 3 rings (SSSR count). The van der Waals surface area contributed by atoms with Crippen LogP contribution in [0.1, 0.15) is 52.6 Å². The predicted molar refractivity (Wildman–Crippen MR) is 88.2 cm³/mol. The van der Waals surface area contributed by atoms with E-state index >= 15 is 0 Å². The van der Waals surface area contributed by atoms with Crippen LogP contribution in [0.25, 0.3) is 5.57 Å². The van der Waals surface area contributed by atoms with Crippen molar-refractivity contribution in [1.29, 1.82) is 0 Å². The lowest BCUT2D eigenvalue weighted by molar-refractivity contribution is 0.100. The van der Waals surface area contributed by atoms with E-state index in [0.29, 0.717) is 16.7 Å². The molecule has 0 N–H and O–H groups in total. The molecule has 2 nitrogen and oxygen atoms in total. The van der Waals surface area contributed by atoms with Crippen LogP contribution >= 0.6 is 0 Å². The average Bonchev–Trinajstić information content (AvgIpc) is 2.50. The number of fused-ring (bicyclic) bond motifs is 1. The molecule has 0 aromatic heterocycles. The maximum absolute atomic E-state index is 12.7. The summed E-state index contributed by atoms with van der Waals surface area (Å²) in [5.74, 6) is -0.180. The van der Waals surface area contributed by atoms with Gasteiger partial charge in [0.25, 0.3) is 0 Å². The van der Waals surface area contributed by atoms with Crippen LogP contribution < -0.4 is 0 Å². The monoisotopic (exact) mass is 290 g/mol. The number of ketones is 2. The lowest BCUT2D eigenvalue weighted by atomic mass is 9.80. The van der Waals surface area contributed by atoms with Crippen LogP contribution in [0, 0.1) is 0 Å². The maximum atomic E-state index is 12.7. The molecule has 1 aliphatic carbocycles. The molecule has 2 heteroatoms. The van der Waals surface area contributed by atoms with Crippen molar-refractivity contribution in [1.82, 2.24) is 0 Å². The van der Waals surface area contributed by atoms with E-state index in [2.05, 4.69) is 20.8 Å². The highest BCUT2D eigenvalue weighted by molar-refractivity contribution is 6.38. The Morgan fingerprint density at radius 1 is 0.818 bits per heavy atom. The first-order valence-electron chi connectivity index (χ1n) is 7.38. The second kappa shape index (κ2) is 5.06. The van der Waals surface area contributed by atoms with Gasteiger partial charge in [-0.3, -0.25) is 9.59 Å². The molecule has 0 saturated carbocycles. The zero-order valence-electron chi connectivity index (χ0n) is 13.0. The molecule has 0 aliphatic heterocycles. The molecule has 0 unspecified atom stereocenters. The third kappa shape index (κ3) is 2.41. The normalized spacial score (nSPS) is 14.6. The van der Waals surface area contributed by atoms with Gasteiger partial charge in [-0.2, -0.15) is 0 Å². The number of carbonyl (C=O) groups excluding carboxylic acids is 2. The summed E-state index contributed by atoms with van der Waals surface area (Å²) in [6, 6.07) is 14.9. The number of rotatable bonds is 1. The predicted octanol–water partition coefficient (Wildman–Crippen LogP) is 4.45. The Hall–Kier alpha value is -2.48. The Balaban J connectivity index is 2.11. The van der Waals surface area contributed by atoms with Crippen LogP contribution in [0.15, 0.2) is 54.6 Å². The second-order valence-corrected chi connectivity index (χ2v) is 6.63. The summed E-state index contributed by atoms with van der Waals surface area (Å²) in [6.45, 7) is 6.28. The van der Waals surface area contributed by atoms with Crippen LogP contribution in [0.2, 0.25) is 0 Å². The zero-order chi connectivity index (χ0) is 15.9. The van der Waals surface area contributed by atoms with Crippen LogP contribution in [0.3, 0.4) is 0 Å². The molecule has 1 aliphatic rings. The fraction of sp³-hybridized carbons (Fsp3) is 0.200. The molecule has 0 spiro atoms. The molecule has 2 aromatic carbocycles. The highest BCUT2D eigenvalue weighted by Crippen LogP contribution is 2.31. The smallest absolute Gasteiger partial charge is 0.194 e. The third-order valence-electron chi connectivity index (χ3n) is 4.00. The van der Waals surface area contributed by atoms with Crippen molar-refractivity contribution in [2.24, 2.45) is 0 Å². The first-order chi connectivity index (χ1) is 10.4. The maximum Gasteiger partial charge on any atom is 0.194 e. The Labute approximate surface area is 130 Å². The largest absolute Gasteiger partial charge is 0.289 e. The van der Waals surface area contributed by atoms with E-state index in [1.165, 1.54) is 6.08 Å². The molecule has 0 fully saturated rings. The summed E-state index contributed by atoms with van der Waals surface area (Å²) in [7, 11) is 0. The summed E-state index contributed by atoms with van der Waals surface area (Å²) in [5.41, 5.74) is 3.27. The molecular formula is C20H18O2. The standard InChI is InChI=1S/C20H18O2/c1-20(2,3)14-9-10-15-17(11-14)18(21)12-16(19(15)22)13-7-5-4-6-8-13/h4-12H,1-3H3. The van der Waals surface area contributed by atoms with Gasteiger partial charge in [0.15, 0.2) is 11.6 Å². The molecule has 2 aromatic rings. The lowest BCUT2D eigenvalue weighted by Crippen LogP contribution is -2.19. The van der Waals surface area contributed by atoms with Crippen molar-refractivity contribution in [3.8, 4) is 0 Å². The lowest BCUT2D eigenvalue weighted by Gasteiger charge is -2.22. The molecule has 0 saturated heterocycles. The van der Waals surface area contributed by atoms with Crippen molar-refractivity contribution < 1.29 is 9.59 Å². The van der Waals surface area contributed by atoms with Gasteiger partial charge in [0.1, 0.15) is 0 Å². The van der Waals surface area contributed by atoms with E-state index in [1.807, 2.05) is 42.5 Å². The van der Waals surface area contributed by atoms with Gasteiger partial charge < -0.3 is 0 Å². The molecule has 0 bridgehead atoms. The highest BCUT2D eigenvalue weighted by atomic mass is 16.1. The molecule has 0 radical (unpaired) electrons. The van der Waals surface area contributed by atoms with Crippen LogP contribution in [-0.4, -0.2) is 11.6 Å². The molecule has 0 heterocycles. The minimum atomic E-state index is -0.0976. The first kappa shape index (κ1) is 14.5. The van der Waals surface area contributed by atoms with Gasteiger partial charge >= 0.3 is 0 Å². The number of allylic oxidation sites excluding steroid dienone is 2. The van der Waals surface area contributed by atoms with Crippen molar-refractivity contribution in [3.05, 3.63) is 76.9 Å². The molecule has 110 valence electrons. The van der Waals surface area contributed by atoms with Gasteiger partial charge in [-0.1, -0.05) is 57.2 Å². The van der Waals surface area contributed by atoms with Crippen molar-refractivity contribution >= 4 is 17.1 Å². The van der Waals surface area contributed by atoms with E-state index in [9.17, 15) is 9.59 Å². The highest BCUT2D eigenvalue weighted by Gasteiger charge is 2.27. The van der Waals surface area contributed by atoms with E-state index in [1.54, 1.807) is 6.07 Å². The fourth-order valence-corrected chi connectivity index (χ4v) is 2.66. The summed E-state index contributed by atoms with van der Waals surface area (Å²) >= 11 is 0. The van der Waals surface area contributed by atoms with E-state index < -0.39 is 0 Å². The Bertz CT molecular complexity index is 790. The number of hydrogen-bond acceptors (Lipinski definition) is 2. The average molecular weight is 290 g/mol. The Morgan fingerprint density at radius 3 is 2.14 bits per heavy atom. The Morgan fingerprint density at radius 2 is 1.50 bits per heavy atom. The summed E-state index contributed by atoms with van der Waals surface area (Å²) in [6.07, 6.45) is 1.46. The van der Waals surface area contributed by atoms with Gasteiger partial charge in [-0.15, -0.1) is 0 Å². The van der Waals surface area contributed by atoms with E-state index in [-0.39, 0.29) is 17.0 Å². The quantitative estimate of drug-likeness (QED) is 0.777. The van der Waals surface area contributed by atoms with Gasteiger partial charge in [0.2, 0.25) is 0 Å². The summed E-state index contributed by atoms with van der Waals surface area (Å²) in [5, 5.41) is 0. The van der Waals surface area contributed by atoms with Crippen molar-refractivity contribution in [2.75, 3.05) is 0 Å². The van der Waals surface area contributed by atoms with Crippen molar-refractivity contribution in [3.63, 3.8) is 0 Å². The van der Waals surface area contributed by atoms with E-state index in [0.717, 1.165) is 11.1 Å². The topological polar surface area (TPSA) is 34.1 Å². The minimum Gasteiger partial charge on any atom is -0.289 e. The number of benzene rings is 2. The Kier molecular flexibility index (Phi) is 3.32. The minimum absolute atomic E-state index is 0.0538. The van der Waals surface area contributed by atoms with Crippen molar-refractivity contribution in [2.45, 2.75) is 26.2 Å². The van der Waals surface area contributed by atoms with Gasteiger partial charge in [-0.25, -0.2) is 0 Å². The van der Waals surface area contributed by atoms with Crippen LogP contribution in [-0.2, 0) is 5.41 Å². The molecular weight excluding hydrogens is 272 g/mol. The SMILES string of the molecule is CC(C)(C)c1ccc2c(c1)C(=O)C=C(c1ccccc1)C2=O. The molecule has 22 heavy (non-hydrogen) atoms. The number of carbonyl (C=O) groups is 2. The van der Waals surface area contributed by atoms with Gasteiger partial charge in [-0.05, 0) is 34.8 Å². The van der Waals surface area contributed by atoms with E-state index in [4.69, 9.17) is 0 Å². The first-order valence-corrected chi connectivity index (χ1v) is 7.38.